The summed E-state index contributed by atoms with van der Waals surface area (Å²) in [5.41, 5.74) is 0.956. The van der Waals surface area contributed by atoms with E-state index >= 15 is 0 Å². The third-order valence-corrected chi connectivity index (χ3v) is 4.08. The van der Waals surface area contributed by atoms with E-state index in [1.165, 1.54) is 4.88 Å². The quantitative estimate of drug-likeness (QED) is 0.862. The predicted octanol–water partition coefficient (Wildman–Crippen LogP) is 4.08. The zero-order valence-electron chi connectivity index (χ0n) is 10.4. The van der Waals surface area contributed by atoms with Crippen molar-refractivity contribution in [3.8, 4) is 0 Å². The van der Waals surface area contributed by atoms with Gasteiger partial charge in [-0.05, 0) is 43.0 Å². The maximum Gasteiger partial charge on any atom is 0.0759 e. The predicted molar refractivity (Wildman–Crippen MR) is 78.3 cm³/mol. The number of nitrogens with one attached hydrogen (secondary N) is 1. The van der Waals surface area contributed by atoms with Crippen LogP contribution in [0.1, 0.15) is 30.0 Å². The molecule has 1 N–H and O–H groups in total. The Bertz CT molecular complexity index is 470. The Morgan fingerprint density at radius 2 is 2.28 bits per heavy atom. The van der Waals surface area contributed by atoms with E-state index in [0.717, 1.165) is 30.1 Å². The average Bonchev–Trinajstić information content (AvgIpc) is 2.88. The van der Waals surface area contributed by atoms with Gasteiger partial charge in [-0.3, -0.25) is 4.98 Å². The van der Waals surface area contributed by atoms with Crippen LogP contribution in [-0.4, -0.2) is 11.5 Å². The van der Waals surface area contributed by atoms with Crippen LogP contribution >= 0.6 is 22.9 Å². The van der Waals surface area contributed by atoms with Crippen LogP contribution in [0.3, 0.4) is 0 Å². The summed E-state index contributed by atoms with van der Waals surface area (Å²) in [6.45, 7) is 3.02. The molecule has 4 heteroatoms. The van der Waals surface area contributed by atoms with Crippen LogP contribution in [0.25, 0.3) is 0 Å². The van der Waals surface area contributed by atoms with Crippen LogP contribution < -0.4 is 5.32 Å². The Labute approximate surface area is 117 Å². The van der Waals surface area contributed by atoms with Crippen molar-refractivity contribution < 1.29 is 0 Å². The van der Waals surface area contributed by atoms with Gasteiger partial charge in [0.25, 0.3) is 0 Å². The number of hydrogen-bond donors (Lipinski definition) is 1. The topological polar surface area (TPSA) is 24.9 Å². The van der Waals surface area contributed by atoms with Crippen molar-refractivity contribution in [2.45, 2.75) is 25.8 Å². The van der Waals surface area contributed by atoms with Crippen LogP contribution in [0.15, 0.2) is 35.8 Å². The Morgan fingerprint density at radius 1 is 1.39 bits per heavy atom. The summed E-state index contributed by atoms with van der Waals surface area (Å²) in [4.78, 5) is 5.81. The van der Waals surface area contributed by atoms with Crippen molar-refractivity contribution >= 4 is 22.9 Å². The van der Waals surface area contributed by atoms with Crippen molar-refractivity contribution in [2.24, 2.45) is 0 Å². The first-order valence-electron chi connectivity index (χ1n) is 6.17. The molecule has 1 unspecified atom stereocenters. The monoisotopic (exact) mass is 280 g/mol. The molecule has 0 saturated heterocycles. The molecule has 96 valence electrons. The number of halogens is 1. The molecule has 2 aromatic rings. The molecule has 0 amide bonds. The van der Waals surface area contributed by atoms with E-state index < -0.39 is 0 Å². The van der Waals surface area contributed by atoms with Gasteiger partial charge in [-0.15, -0.1) is 11.3 Å². The summed E-state index contributed by atoms with van der Waals surface area (Å²) in [6.07, 6.45) is 3.88. The van der Waals surface area contributed by atoms with Crippen LogP contribution in [0, 0.1) is 0 Å². The summed E-state index contributed by atoms with van der Waals surface area (Å²) < 4.78 is 0. The number of rotatable bonds is 6. The molecule has 0 aromatic carbocycles. The summed E-state index contributed by atoms with van der Waals surface area (Å²) in [6, 6.07) is 8.27. The maximum atomic E-state index is 6.22. The summed E-state index contributed by atoms with van der Waals surface area (Å²) in [7, 11) is 0. The first-order chi connectivity index (χ1) is 8.81. The van der Waals surface area contributed by atoms with E-state index in [-0.39, 0.29) is 6.04 Å². The summed E-state index contributed by atoms with van der Waals surface area (Å²) >= 11 is 8.02. The fourth-order valence-electron chi connectivity index (χ4n) is 1.98. The molecule has 2 aromatic heterocycles. The highest BCUT2D eigenvalue weighted by molar-refractivity contribution is 7.09. The number of thiophene rings is 1. The van der Waals surface area contributed by atoms with Gasteiger partial charge in [0.05, 0.1) is 16.8 Å². The van der Waals surface area contributed by atoms with Gasteiger partial charge in [-0.25, -0.2) is 0 Å². The second-order valence-electron chi connectivity index (χ2n) is 4.10. The lowest BCUT2D eigenvalue weighted by molar-refractivity contribution is 0.505. The highest BCUT2D eigenvalue weighted by Crippen LogP contribution is 2.25. The number of aryl methyl sites for hydroxylation is 1. The first kappa shape index (κ1) is 13.5. The highest BCUT2D eigenvalue weighted by atomic mass is 35.5. The molecule has 18 heavy (non-hydrogen) atoms. The number of nitrogens with zero attached hydrogens (tertiary/aromatic N) is 1. The molecule has 2 nitrogen and oxygen atoms in total. The van der Waals surface area contributed by atoms with Crippen molar-refractivity contribution in [3.63, 3.8) is 0 Å². The van der Waals surface area contributed by atoms with E-state index in [4.69, 9.17) is 11.6 Å². The summed E-state index contributed by atoms with van der Waals surface area (Å²) in [5.74, 6) is 0. The van der Waals surface area contributed by atoms with Crippen LogP contribution in [0.2, 0.25) is 5.02 Å². The zero-order chi connectivity index (χ0) is 12.8. The molecule has 2 rings (SSSR count). The molecule has 0 saturated carbocycles. The maximum absolute atomic E-state index is 6.22. The zero-order valence-corrected chi connectivity index (χ0v) is 12.0. The Balaban J connectivity index is 2.06. The third-order valence-electron chi connectivity index (χ3n) is 2.83. The normalized spacial score (nSPS) is 12.6. The molecule has 0 aliphatic rings. The van der Waals surface area contributed by atoms with E-state index in [1.807, 2.05) is 12.1 Å². The van der Waals surface area contributed by atoms with Gasteiger partial charge in [0.1, 0.15) is 0 Å². The summed E-state index contributed by atoms with van der Waals surface area (Å²) in [5, 5.41) is 6.32. The van der Waals surface area contributed by atoms with Gasteiger partial charge in [0, 0.05) is 11.1 Å². The van der Waals surface area contributed by atoms with Crippen LogP contribution in [0.5, 0.6) is 0 Å². The lowest BCUT2D eigenvalue weighted by Gasteiger charge is -2.18. The first-order valence-corrected chi connectivity index (χ1v) is 7.43. The van der Waals surface area contributed by atoms with Crippen molar-refractivity contribution in [1.82, 2.24) is 10.3 Å². The molecular formula is C14H17ClN2S. The lowest BCUT2D eigenvalue weighted by atomic mass is 10.1. The van der Waals surface area contributed by atoms with Gasteiger partial charge in [-0.1, -0.05) is 24.6 Å². The van der Waals surface area contributed by atoms with Gasteiger partial charge in [-0.2, -0.15) is 0 Å². The minimum atomic E-state index is 0.228. The lowest BCUT2D eigenvalue weighted by Crippen LogP contribution is -2.22. The second-order valence-corrected chi connectivity index (χ2v) is 5.54. The van der Waals surface area contributed by atoms with Gasteiger partial charge in [0.2, 0.25) is 0 Å². The van der Waals surface area contributed by atoms with Crippen molar-refractivity contribution in [3.05, 3.63) is 51.4 Å². The molecule has 1 atom stereocenters. The fraction of sp³-hybridized carbons (Fsp3) is 0.357. The van der Waals surface area contributed by atoms with Crippen LogP contribution in [-0.2, 0) is 6.42 Å². The second kappa shape index (κ2) is 6.88. The number of hydrogen-bond acceptors (Lipinski definition) is 3. The van der Waals surface area contributed by atoms with Gasteiger partial charge < -0.3 is 5.32 Å². The SMILES string of the molecule is CCNC(CCc1cccs1)c1ncccc1Cl. The molecule has 0 bridgehead atoms. The van der Waals surface area contributed by atoms with Gasteiger partial charge >= 0.3 is 0 Å². The Morgan fingerprint density at radius 3 is 2.94 bits per heavy atom. The molecule has 0 fully saturated rings. The number of aromatic nitrogens is 1. The third kappa shape index (κ3) is 3.55. The molecule has 0 radical (unpaired) electrons. The van der Waals surface area contributed by atoms with E-state index in [9.17, 15) is 0 Å². The van der Waals surface area contributed by atoms with E-state index in [0.29, 0.717) is 0 Å². The number of pyridine rings is 1. The largest absolute Gasteiger partial charge is 0.309 e. The molecule has 0 spiro atoms. The van der Waals surface area contributed by atoms with Crippen LogP contribution in [0.4, 0.5) is 0 Å². The standard InChI is InChI=1S/C14H17ClN2S/c1-2-16-13(8-7-11-5-4-10-18-11)14-12(15)6-3-9-17-14/h3-6,9-10,13,16H,2,7-8H2,1H3. The van der Waals surface area contributed by atoms with Crippen molar-refractivity contribution in [2.75, 3.05) is 6.54 Å². The average molecular weight is 281 g/mol. The Kier molecular flexibility index (Phi) is 5.17. The fourth-order valence-corrected chi connectivity index (χ4v) is 2.96. The van der Waals surface area contributed by atoms with Crippen molar-refractivity contribution in [1.29, 1.82) is 0 Å². The minimum Gasteiger partial charge on any atom is -0.309 e. The van der Waals surface area contributed by atoms with Gasteiger partial charge in [0.15, 0.2) is 0 Å². The van der Waals surface area contributed by atoms with E-state index in [1.54, 1.807) is 17.5 Å². The molecular weight excluding hydrogens is 264 g/mol. The molecule has 0 aliphatic heterocycles. The smallest absolute Gasteiger partial charge is 0.0759 e. The Hall–Kier alpha value is -0.900. The van der Waals surface area contributed by atoms with E-state index in [2.05, 4.69) is 34.7 Å². The molecule has 0 aliphatic carbocycles. The molecule has 2 heterocycles. The highest BCUT2D eigenvalue weighted by Gasteiger charge is 2.15. The minimum absolute atomic E-state index is 0.228.